The molecule has 2 aromatic carbocycles. The predicted molar refractivity (Wildman–Crippen MR) is 81.5 cm³/mol. The monoisotopic (exact) mass is 295 g/mol. The number of hydrogen-bond donors (Lipinski definition) is 1. The Morgan fingerprint density at radius 3 is 2.32 bits per heavy atom. The highest BCUT2D eigenvalue weighted by Gasteiger charge is 2.08. The molecule has 0 saturated heterocycles. The van der Waals surface area contributed by atoms with Crippen molar-refractivity contribution in [2.45, 2.75) is 13.0 Å². The second-order valence-corrected chi connectivity index (χ2v) is 5.11. The van der Waals surface area contributed by atoms with Crippen molar-refractivity contribution in [3.8, 4) is 5.75 Å². The Balaban J connectivity index is 2.13. The van der Waals surface area contributed by atoms with E-state index in [2.05, 4.69) is 12.2 Å². The summed E-state index contributed by atoms with van der Waals surface area (Å²) in [6.45, 7) is 2.08. The Bertz CT molecular complexity index is 555. The van der Waals surface area contributed by atoms with Crippen LogP contribution in [0.15, 0.2) is 42.5 Å². The topological polar surface area (TPSA) is 21.3 Å². The number of methoxy groups -OCH3 is 1. The standard InChI is InChI=1S/C15H15Cl2NO/c1-10(11-3-6-13(19-2)7-4-11)18-15-8-5-12(16)9-14(15)17/h3-10,18H,1-2H3. The van der Waals surface area contributed by atoms with Crippen molar-refractivity contribution in [2.75, 3.05) is 12.4 Å². The summed E-state index contributed by atoms with van der Waals surface area (Å²) in [4.78, 5) is 0. The average molecular weight is 296 g/mol. The summed E-state index contributed by atoms with van der Waals surface area (Å²) >= 11 is 12.0. The van der Waals surface area contributed by atoms with Crippen LogP contribution in [0.4, 0.5) is 5.69 Å². The van der Waals surface area contributed by atoms with Crippen molar-refractivity contribution in [2.24, 2.45) is 0 Å². The summed E-state index contributed by atoms with van der Waals surface area (Å²) in [5, 5.41) is 4.61. The first kappa shape index (κ1) is 14.0. The van der Waals surface area contributed by atoms with Gasteiger partial charge in [0.15, 0.2) is 0 Å². The molecular formula is C15H15Cl2NO. The van der Waals surface area contributed by atoms with Gasteiger partial charge in [-0.25, -0.2) is 0 Å². The number of nitrogens with one attached hydrogen (secondary N) is 1. The summed E-state index contributed by atoms with van der Waals surface area (Å²) in [6.07, 6.45) is 0. The second kappa shape index (κ2) is 6.18. The molecule has 2 rings (SSSR count). The molecule has 0 radical (unpaired) electrons. The van der Waals surface area contributed by atoms with Crippen LogP contribution in [-0.4, -0.2) is 7.11 Å². The van der Waals surface area contributed by atoms with Crippen molar-refractivity contribution in [1.82, 2.24) is 0 Å². The highest BCUT2D eigenvalue weighted by atomic mass is 35.5. The van der Waals surface area contributed by atoms with Gasteiger partial charge in [-0.05, 0) is 42.8 Å². The Hall–Kier alpha value is -1.38. The van der Waals surface area contributed by atoms with Gasteiger partial charge in [0.25, 0.3) is 0 Å². The Kier molecular flexibility index (Phi) is 4.56. The summed E-state index contributed by atoms with van der Waals surface area (Å²) in [5.74, 6) is 0.848. The number of halogens is 2. The maximum Gasteiger partial charge on any atom is 0.118 e. The molecule has 100 valence electrons. The van der Waals surface area contributed by atoms with E-state index >= 15 is 0 Å². The van der Waals surface area contributed by atoms with Gasteiger partial charge in [-0.15, -0.1) is 0 Å². The average Bonchev–Trinajstić information content (AvgIpc) is 2.42. The van der Waals surface area contributed by atoms with Crippen LogP contribution in [0.1, 0.15) is 18.5 Å². The number of ether oxygens (including phenoxy) is 1. The van der Waals surface area contributed by atoms with Crippen LogP contribution < -0.4 is 10.1 Å². The first-order valence-corrected chi connectivity index (χ1v) is 6.71. The first-order chi connectivity index (χ1) is 9.10. The second-order valence-electron chi connectivity index (χ2n) is 4.26. The van der Waals surface area contributed by atoms with E-state index in [4.69, 9.17) is 27.9 Å². The molecular weight excluding hydrogens is 281 g/mol. The third-order valence-corrected chi connectivity index (χ3v) is 3.47. The molecule has 0 spiro atoms. The SMILES string of the molecule is COc1ccc(C(C)Nc2ccc(Cl)cc2Cl)cc1. The van der Waals surface area contributed by atoms with Gasteiger partial charge in [0.05, 0.1) is 17.8 Å². The molecule has 0 fully saturated rings. The Morgan fingerprint density at radius 2 is 1.74 bits per heavy atom. The number of anilines is 1. The predicted octanol–water partition coefficient (Wildman–Crippen LogP) is 5.18. The van der Waals surface area contributed by atoms with Crippen LogP contribution in [0.2, 0.25) is 10.0 Å². The fourth-order valence-electron chi connectivity index (χ4n) is 1.82. The summed E-state index contributed by atoms with van der Waals surface area (Å²) < 4.78 is 5.14. The van der Waals surface area contributed by atoms with E-state index in [1.807, 2.05) is 36.4 Å². The molecule has 1 N–H and O–H groups in total. The minimum Gasteiger partial charge on any atom is -0.497 e. The molecule has 2 aromatic rings. The third-order valence-electron chi connectivity index (χ3n) is 2.92. The van der Waals surface area contributed by atoms with E-state index in [9.17, 15) is 0 Å². The molecule has 0 aliphatic heterocycles. The van der Waals surface area contributed by atoms with Crippen molar-refractivity contribution in [3.63, 3.8) is 0 Å². The zero-order chi connectivity index (χ0) is 13.8. The fraction of sp³-hybridized carbons (Fsp3) is 0.200. The maximum atomic E-state index is 6.14. The number of benzene rings is 2. The number of hydrogen-bond acceptors (Lipinski definition) is 2. The van der Waals surface area contributed by atoms with Crippen molar-refractivity contribution in [3.05, 3.63) is 58.1 Å². The fourth-order valence-corrected chi connectivity index (χ4v) is 2.28. The minimum atomic E-state index is 0.143. The van der Waals surface area contributed by atoms with E-state index in [1.165, 1.54) is 0 Å². The van der Waals surface area contributed by atoms with Crippen molar-refractivity contribution < 1.29 is 4.74 Å². The number of rotatable bonds is 4. The summed E-state index contributed by atoms with van der Waals surface area (Å²) in [6, 6.07) is 13.5. The van der Waals surface area contributed by atoms with Gasteiger partial charge >= 0.3 is 0 Å². The Labute approximate surface area is 123 Å². The lowest BCUT2D eigenvalue weighted by atomic mass is 10.1. The zero-order valence-electron chi connectivity index (χ0n) is 10.8. The molecule has 1 unspecified atom stereocenters. The van der Waals surface area contributed by atoms with Gasteiger partial charge in [0.1, 0.15) is 5.75 Å². The maximum absolute atomic E-state index is 6.14. The normalized spacial score (nSPS) is 12.0. The highest BCUT2D eigenvalue weighted by molar-refractivity contribution is 6.36. The highest BCUT2D eigenvalue weighted by Crippen LogP contribution is 2.29. The van der Waals surface area contributed by atoms with Crippen LogP contribution in [0, 0.1) is 0 Å². The van der Waals surface area contributed by atoms with Gasteiger partial charge in [0.2, 0.25) is 0 Å². The van der Waals surface area contributed by atoms with E-state index in [0.29, 0.717) is 10.0 Å². The molecule has 1 atom stereocenters. The van der Waals surface area contributed by atoms with E-state index < -0.39 is 0 Å². The van der Waals surface area contributed by atoms with Gasteiger partial charge in [0, 0.05) is 11.1 Å². The quantitative estimate of drug-likeness (QED) is 0.839. The molecule has 0 saturated carbocycles. The molecule has 19 heavy (non-hydrogen) atoms. The molecule has 0 amide bonds. The third kappa shape index (κ3) is 3.55. The van der Waals surface area contributed by atoms with Crippen LogP contribution in [0.3, 0.4) is 0 Å². The smallest absolute Gasteiger partial charge is 0.118 e. The zero-order valence-corrected chi connectivity index (χ0v) is 12.3. The lowest BCUT2D eigenvalue weighted by molar-refractivity contribution is 0.414. The van der Waals surface area contributed by atoms with Gasteiger partial charge in [-0.2, -0.15) is 0 Å². The molecule has 0 aliphatic carbocycles. The minimum absolute atomic E-state index is 0.143. The van der Waals surface area contributed by atoms with Gasteiger partial charge < -0.3 is 10.1 Å². The van der Waals surface area contributed by atoms with Crippen LogP contribution in [0.5, 0.6) is 5.75 Å². The van der Waals surface area contributed by atoms with Crippen molar-refractivity contribution in [1.29, 1.82) is 0 Å². The van der Waals surface area contributed by atoms with Crippen LogP contribution in [0.25, 0.3) is 0 Å². The van der Waals surface area contributed by atoms with E-state index in [1.54, 1.807) is 13.2 Å². The van der Waals surface area contributed by atoms with Crippen LogP contribution in [-0.2, 0) is 0 Å². The van der Waals surface area contributed by atoms with E-state index in [0.717, 1.165) is 17.0 Å². The van der Waals surface area contributed by atoms with Crippen LogP contribution >= 0.6 is 23.2 Å². The molecule has 0 aromatic heterocycles. The van der Waals surface area contributed by atoms with E-state index in [-0.39, 0.29) is 6.04 Å². The molecule has 0 heterocycles. The van der Waals surface area contributed by atoms with Gasteiger partial charge in [-0.1, -0.05) is 35.3 Å². The largest absolute Gasteiger partial charge is 0.497 e. The first-order valence-electron chi connectivity index (χ1n) is 5.95. The summed E-state index contributed by atoms with van der Waals surface area (Å²) in [5.41, 5.74) is 2.03. The molecule has 4 heteroatoms. The lowest BCUT2D eigenvalue weighted by Gasteiger charge is -2.17. The van der Waals surface area contributed by atoms with Gasteiger partial charge in [-0.3, -0.25) is 0 Å². The Morgan fingerprint density at radius 1 is 1.05 bits per heavy atom. The molecule has 0 aliphatic rings. The molecule has 0 bridgehead atoms. The summed E-state index contributed by atoms with van der Waals surface area (Å²) in [7, 11) is 1.66. The lowest BCUT2D eigenvalue weighted by Crippen LogP contribution is -2.06. The molecule has 2 nitrogen and oxygen atoms in total. The van der Waals surface area contributed by atoms with Crippen molar-refractivity contribution >= 4 is 28.9 Å².